The van der Waals surface area contributed by atoms with E-state index in [1.807, 2.05) is 17.8 Å². The van der Waals surface area contributed by atoms with E-state index in [9.17, 15) is 0 Å². The van der Waals surface area contributed by atoms with Crippen LogP contribution >= 0.6 is 24.0 Å². The average molecular weight is 458 g/mol. The van der Waals surface area contributed by atoms with Gasteiger partial charge >= 0.3 is 0 Å². The second-order valence-corrected chi connectivity index (χ2v) is 6.04. The van der Waals surface area contributed by atoms with Crippen molar-refractivity contribution in [3.8, 4) is 0 Å². The van der Waals surface area contributed by atoms with Crippen LogP contribution in [0.3, 0.4) is 0 Å². The fraction of sp³-hybridized carbons (Fsp3) is 0.625. The molecular weight excluding hydrogens is 431 g/mol. The summed E-state index contributed by atoms with van der Waals surface area (Å²) in [6, 6.07) is 1.99. The number of aryl methyl sites for hydroxylation is 2. The fourth-order valence-corrected chi connectivity index (χ4v) is 2.99. The van der Waals surface area contributed by atoms with Crippen LogP contribution in [0.4, 0.5) is 0 Å². The number of fused-ring (bicyclic) bond motifs is 1. The van der Waals surface area contributed by atoms with E-state index >= 15 is 0 Å². The monoisotopic (exact) mass is 458 g/mol. The number of aliphatic imine (C=N–C) groups is 1. The van der Waals surface area contributed by atoms with Crippen molar-refractivity contribution in [3.63, 3.8) is 0 Å². The highest BCUT2D eigenvalue weighted by atomic mass is 127. The Morgan fingerprint density at radius 2 is 2.12 bits per heavy atom. The molecule has 2 aromatic rings. The van der Waals surface area contributed by atoms with Crippen LogP contribution in [-0.4, -0.2) is 44.1 Å². The van der Waals surface area contributed by atoms with Gasteiger partial charge in [-0.25, -0.2) is 0 Å². The lowest BCUT2D eigenvalue weighted by Crippen LogP contribution is -2.38. The Hall–Kier alpha value is -1.65. The van der Waals surface area contributed by atoms with E-state index in [4.69, 9.17) is 0 Å². The lowest BCUT2D eigenvalue weighted by molar-refractivity contribution is 0.600. The molecule has 3 rings (SSSR count). The van der Waals surface area contributed by atoms with E-state index < -0.39 is 0 Å². The molecule has 25 heavy (non-hydrogen) atoms. The van der Waals surface area contributed by atoms with Crippen LogP contribution in [0.2, 0.25) is 0 Å². The van der Waals surface area contributed by atoms with Gasteiger partial charge in [-0.3, -0.25) is 9.67 Å². The summed E-state index contributed by atoms with van der Waals surface area (Å²) in [5, 5.41) is 19.5. The quantitative estimate of drug-likeness (QED) is 0.401. The third kappa shape index (κ3) is 5.16. The minimum absolute atomic E-state index is 0. The third-order valence-electron chi connectivity index (χ3n) is 4.41. The normalized spacial score (nSPS) is 14.4. The highest BCUT2D eigenvalue weighted by Gasteiger charge is 2.14. The molecule has 0 bridgehead atoms. The molecule has 0 saturated heterocycles. The van der Waals surface area contributed by atoms with Crippen molar-refractivity contribution < 1.29 is 0 Å². The van der Waals surface area contributed by atoms with Gasteiger partial charge in [0, 0.05) is 46.2 Å². The Kier molecular flexibility index (Phi) is 7.66. The molecule has 2 aromatic heterocycles. The zero-order valence-electron chi connectivity index (χ0n) is 14.9. The first-order chi connectivity index (χ1) is 11.8. The Labute approximate surface area is 165 Å². The molecule has 0 fully saturated rings. The van der Waals surface area contributed by atoms with Crippen molar-refractivity contribution in [1.82, 2.24) is 35.2 Å². The molecule has 0 spiro atoms. The summed E-state index contributed by atoms with van der Waals surface area (Å²) in [6.45, 7) is 2.52. The van der Waals surface area contributed by atoms with Gasteiger partial charge in [-0.15, -0.1) is 34.2 Å². The maximum Gasteiger partial charge on any atom is 0.191 e. The Bertz CT molecular complexity index is 690. The summed E-state index contributed by atoms with van der Waals surface area (Å²) >= 11 is 0. The highest BCUT2D eigenvalue weighted by Crippen LogP contribution is 2.14. The molecule has 0 amide bonds. The highest BCUT2D eigenvalue weighted by molar-refractivity contribution is 14.0. The van der Waals surface area contributed by atoms with Crippen LogP contribution in [-0.2, 0) is 33.0 Å². The Morgan fingerprint density at radius 1 is 1.24 bits per heavy atom. The van der Waals surface area contributed by atoms with Crippen LogP contribution < -0.4 is 10.6 Å². The molecule has 0 saturated carbocycles. The fourth-order valence-electron chi connectivity index (χ4n) is 2.99. The molecule has 1 aliphatic rings. The van der Waals surface area contributed by atoms with Crippen molar-refractivity contribution in [1.29, 1.82) is 0 Å². The summed E-state index contributed by atoms with van der Waals surface area (Å²) in [5.41, 5.74) is 1.11. The standard InChI is InChI=1S/C16H26N8.HI/c1-17-16(19-12-13-7-10-20-23(13)2)18-9-8-15-22-21-14-6-4-3-5-11-24(14)15;/h7,10H,3-6,8-9,11-12H2,1-2H3,(H2,17,18,19);1H. The summed E-state index contributed by atoms with van der Waals surface area (Å²) in [7, 11) is 3.71. The lowest BCUT2D eigenvalue weighted by Gasteiger charge is -2.12. The zero-order valence-corrected chi connectivity index (χ0v) is 17.2. The topological polar surface area (TPSA) is 84.9 Å². The molecule has 1 aliphatic heterocycles. The maximum absolute atomic E-state index is 4.36. The second kappa shape index (κ2) is 9.73. The van der Waals surface area contributed by atoms with Crippen LogP contribution in [0.25, 0.3) is 0 Å². The van der Waals surface area contributed by atoms with Gasteiger partial charge in [0.2, 0.25) is 0 Å². The van der Waals surface area contributed by atoms with E-state index in [2.05, 4.69) is 35.5 Å². The summed E-state index contributed by atoms with van der Waals surface area (Å²) in [5.74, 6) is 2.99. The maximum atomic E-state index is 4.36. The molecular formula is C16H27IN8. The van der Waals surface area contributed by atoms with Crippen molar-refractivity contribution in [3.05, 3.63) is 29.6 Å². The lowest BCUT2D eigenvalue weighted by atomic mass is 10.2. The first-order valence-electron chi connectivity index (χ1n) is 8.60. The first-order valence-corrected chi connectivity index (χ1v) is 8.60. The second-order valence-electron chi connectivity index (χ2n) is 6.04. The molecule has 0 aliphatic carbocycles. The molecule has 138 valence electrons. The van der Waals surface area contributed by atoms with Crippen molar-refractivity contribution in [2.45, 2.75) is 45.2 Å². The van der Waals surface area contributed by atoms with E-state index in [1.165, 1.54) is 19.3 Å². The minimum Gasteiger partial charge on any atom is -0.356 e. The molecule has 0 radical (unpaired) electrons. The van der Waals surface area contributed by atoms with Crippen molar-refractivity contribution in [2.24, 2.45) is 12.0 Å². The summed E-state index contributed by atoms with van der Waals surface area (Å²) in [6.07, 6.45) is 7.42. The molecule has 9 heteroatoms. The average Bonchev–Trinajstić information content (AvgIpc) is 3.09. The van der Waals surface area contributed by atoms with Gasteiger partial charge in [0.05, 0.1) is 12.2 Å². The smallest absolute Gasteiger partial charge is 0.191 e. The van der Waals surface area contributed by atoms with Crippen LogP contribution in [0.5, 0.6) is 0 Å². The van der Waals surface area contributed by atoms with Crippen LogP contribution in [0, 0.1) is 0 Å². The molecule has 8 nitrogen and oxygen atoms in total. The third-order valence-corrected chi connectivity index (χ3v) is 4.41. The number of nitrogens with one attached hydrogen (secondary N) is 2. The van der Waals surface area contributed by atoms with Gasteiger partial charge in [0.15, 0.2) is 5.96 Å². The molecule has 2 N–H and O–H groups in total. The number of halogens is 1. The number of rotatable bonds is 5. The molecule has 0 atom stereocenters. The number of guanidine groups is 1. The number of aromatic nitrogens is 5. The van der Waals surface area contributed by atoms with Crippen molar-refractivity contribution >= 4 is 29.9 Å². The molecule has 0 aromatic carbocycles. The number of hydrogen-bond acceptors (Lipinski definition) is 4. The van der Waals surface area contributed by atoms with E-state index in [0.29, 0.717) is 6.54 Å². The van der Waals surface area contributed by atoms with Crippen LogP contribution in [0.1, 0.15) is 36.6 Å². The van der Waals surface area contributed by atoms with E-state index in [-0.39, 0.29) is 24.0 Å². The zero-order chi connectivity index (χ0) is 16.8. The summed E-state index contributed by atoms with van der Waals surface area (Å²) in [4.78, 5) is 4.26. The molecule has 0 unspecified atom stereocenters. The van der Waals surface area contributed by atoms with Crippen LogP contribution in [0.15, 0.2) is 17.3 Å². The van der Waals surface area contributed by atoms with Gasteiger partial charge in [-0.05, 0) is 18.9 Å². The predicted octanol–water partition coefficient (Wildman–Crippen LogP) is 1.26. The van der Waals surface area contributed by atoms with E-state index in [0.717, 1.165) is 49.2 Å². The van der Waals surface area contributed by atoms with Gasteiger partial charge < -0.3 is 15.2 Å². The largest absolute Gasteiger partial charge is 0.356 e. The van der Waals surface area contributed by atoms with Gasteiger partial charge in [-0.1, -0.05) is 6.42 Å². The van der Waals surface area contributed by atoms with E-state index in [1.54, 1.807) is 13.2 Å². The number of nitrogens with zero attached hydrogens (tertiary/aromatic N) is 6. The Balaban J connectivity index is 0.00000225. The minimum atomic E-state index is 0. The Morgan fingerprint density at radius 3 is 2.88 bits per heavy atom. The molecule has 3 heterocycles. The van der Waals surface area contributed by atoms with Crippen molar-refractivity contribution in [2.75, 3.05) is 13.6 Å². The predicted molar refractivity (Wildman–Crippen MR) is 108 cm³/mol. The SMILES string of the molecule is CN=C(NCCc1nnc2n1CCCCC2)NCc1ccnn1C.I. The first kappa shape index (κ1) is 19.7. The van der Waals surface area contributed by atoms with Gasteiger partial charge in [0.1, 0.15) is 11.6 Å². The van der Waals surface area contributed by atoms with Gasteiger partial charge in [-0.2, -0.15) is 5.10 Å². The van der Waals surface area contributed by atoms with Gasteiger partial charge in [0.25, 0.3) is 0 Å². The summed E-state index contributed by atoms with van der Waals surface area (Å²) < 4.78 is 4.15. The number of hydrogen-bond donors (Lipinski definition) is 2.